The lowest BCUT2D eigenvalue weighted by Gasteiger charge is -2.25. The van der Waals surface area contributed by atoms with Gasteiger partial charge in [-0.1, -0.05) is 0 Å². The quantitative estimate of drug-likeness (QED) is 0.693. The fourth-order valence-electron chi connectivity index (χ4n) is 2.54. The molecule has 0 saturated carbocycles. The Balaban J connectivity index is 1.90. The van der Waals surface area contributed by atoms with E-state index in [9.17, 15) is 4.79 Å². The van der Waals surface area contributed by atoms with Crippen LogP contribution in [0.3, 0.4) is 0 Å². The first-order valence-electron chi connectivity index (χ1n) is 5.83. The van der Waals surface area contributed by atoms with Gasteiger partial charge >= 0.3 is 0 Å². The number of likely N-dealkylation sites (N-methyl/N-ethyl adjacent to an activating group) is 1. The Kier molecular flexibility index (Phi) is 3.26. The van der Waals surface area contributed by atoms with Crippen LogP contribution in [-0.4, -0.2) is 61.5 Å². The van der Waals surface area contributed by atoms with E-state index in [1.54, 1.807) is 0 Å². The van der Waals surface area contributed by atoms with E-state index < -0.39 is 0 Å². The third-order valence-corrected chi connectivity index (χ3v) is 3.33. The molecule has 4 heteroatoms. The van der Waals surface area contributed by atoms with Crippen molar-refractivity contribution in [3.8, 4) is 0 Å². The standard InChI is InChI=1S/C11H21N3O/c1-13(2)8-11(15)14-6-5-9-3-4-10(7-14)12-9/h9-10,12H,3-8H2,1-2H3. The van der Waals surface area contributed by atoms with E-state index in [4.69, 9.17) is 0 Å². The Labute approximate surface area is 91.6 Å². The van der Waals surface area contributed by atoms with Gasteiger partial charge in [-0.2, -0.15) is 0 Å². The molecule has 1 amide bonds. The van der Waals surface area contributed by atoms with Crippen molar-refractivity contribution in [1.82, 2.24) is 15.1 Å². The predicted molar refractivity (Wildman–Crippen MR) is 59.7 cm³/mol. The molecule has 1 N–H and O–H groups in total. The van der Waals surface area contributed by atoms with Gasteiger partial charge in [-0.3, -0.25) is 4.79 Å². The van der Waals surface area contributed by atoms with Crippen molar-refractivity contribution in [3.63, 3.8) is 0 Å². The molecule has 2 aliphatic rings. The molecule has 0 aromatic rings. The molecule has 0 radical (unpaired) electrons. The number of carbonyl (C=O) groups excluding carboxylic acids is 1. The fraction of sp³-hybridized carbons (Fsp3) is 0.909. The zero-order valence-corrected chi connectivity index (χ0v) is 9.70. The van der Waals surface area contributed by atoms with Gasteiger partial charge in [0, 0.05) is 25.2 Å². The minimum absolute atomic E-state index is 0.273. The summed E-state index contributed by atoms with van der Waals surface area (Å²) in [6.07, 6.45) is 3.65. The summed E-state index contributed by atoms with van der Waals surface area (Å²) in [6.45, 7) is 2.38. The highest BCUT2D eigenvalue weighted by Gasteiger charge is 2.30. The number of hydrogen-bond acceptors (Lipinski definition) is 3. The highest BCUT2D eigenvalue weighted by atomic mass is 16.2. The molecule has 2 fully saturated rings. The highest BCUT2D eigenvalue weighted by Crippen LogP contribution is 2.20. The molecule has 2 aliphatic heterocycles. The van der Waals surface area contributed by atoms with E-state index in [2.05, 4.69) is 5.32 Å². The van der Waals surface area contributed by atoms with Crippen molar-refractivity contribution < 1.29 is 4.79 Å². The first-order valence-corrected chi connectivity index (χ1v) is 5.83. The molecule has 0 aliphatic carbocycles. The van der Waals surface area contributed by atoms with Crippen molar-refractivity contribution in [2.75, 3.05) is 33.7 Å². The molecule has 86 valence electrons. The summed E-state index contributed by atoms with van der Waals surface area (Å²) in [5.74, 6) is 0.273. The molecule has 2 heterocycles. The van der Waals surface area contributed by atoms with Gasteiger partial charge in [-0.15, -0.1) is 0 Å². The van der Waals surface area contributed by atoms with E-state index >= 15 is 0 Å². The van der Waals surface area contributed by atoms with E-state index in [1.807, 2.05) is 23.9 Å². The van der Waals surface area contributed by atoms with Gasteiger partial charge in [-0.05, 0) is 33.4 Å². The van der Waals surface area contributed by atoms with Crippen LogP contribution in [0.15, 0.2) is 0 Å². The first-order chi connectivity index (χ1) is 7.15. The van der Waals surface area contributed by atoms with Crippen molar-refractivity contribution in [1.29, 1.82) is 0 Å². The number of amides is 1. The second-order valence-electron chi connectivity index (χ2n) is 5.00. The number of nitrogens with zero attached hydrogens (tertiary/aromatic N) is 2. The molecule has 4 nitrogen and oxygen atoms in total. The lowest BCUT2D eigenvalue weighted by Crippen LogP contribution is -2.42. The van der Waals surface area contributed by atoms with E-state index in [0.29, 0.717) is 18.6 Å². The minimum Gasteiger partial charge on any atom is -0.340 e. The molecule has 2 saturated heterocycles. The Morgan fingerprint density at radius 3 is 2.80 bits per heavy atom. The summed E-state index contributed by atoms with van der Waals surface area (Å²) < 4.78 is 0. The van der Waals surface area contributed by atoms with Gasteiger partial charge < -0.3 is 15.1 Å². The van der Waals surface area contributed by atoms with Crippen LogP contribution in [0.1, 0.15) is 19.3 Å². The molecular weight excluding hydrogens is 190 g/mol. The van der Waals surface area contributed by atoms with Crippen LogP contribution in [0.2, 0.25) is 0 Å². The van der Waals surface area contributed by atoms with Crippen molar-refractivity contribution >= 4 is 5.91 Å². The van der Waals surface area contributed by atoms with Crippen LogP contribution in [0.4, 0.5) is 0 Å². The molecule has 2 rings (SSSR count). The number of rotatable bonds is 2. The van der Waals surface area contributed by atoms with Crippen LogP contribution in [0, 0.1) is 0 Å². The normalized spacial score (nSPS) is 30.7. The molecule has 2 atom stereocenters. The monoisotopic (exact) mass is 211 g/mol. The largest absolute Gasteiger partial charge is 0.340 e. The maximum absolute atomic E-state index is 11.9. The van der Waals surface area contributed by atoms with Gasteiger partial charge in [-0.25, -0.2) is 0 Å². The van der Waals surface area contributed by atoms with Gasteiger partial charge in [0.05, 0.1) is 6.54 Å². The maximum atomic E-state index is 11.9. The van der Waals surface area contributed by atoms with Crippen LogP contribution >= 0.6 is 0 Å². The van der Waals surface area contributed by atoms with Crippen molar-refractivity contribution in [2.24, 2.45) is 0 Å². The highest BCUT2D eigenvalue weighted by molar-refractivity contribution is 5.78. The zero-order valence-electron chi connectivity index (χ0n) is 9.70. The lowest BCUT2D eigenvalue weighted by molar-refractivity contribution is -0.132. The molecule has 2 unspecified atom stereocenters. The first kappa shape index (κ1) is 10.9. The summed E-state index contributed by atoms with van der Waals surface area (Å²) in [5, 5.41) is 3.58. The van der Waals surface area contributed by atoms with Gasteiger partial charge in [0.25, 0.3) is 0 Å². The number of likely N-dealkylation sites (tertiary alicyclic amines) is 1. The predicted octanol–water partition coefficient (Wildman–Crippen LogP) is -0.0991. The smallest absolute Gasteiger partial charge is 0.236 e. The number of nitrogens with one attached hydrogen (secondary N) is 1. The van der Waals surface area contributed by atoms with Gasteiger partial charge in [0.1, 0.15) is 0 Å². The van der Waals surface area contributed by atoms with Crippen molar-refractivity contribution in [2.45, 2.75) is 31.3 Å². The second kappa shape index (κ2) is 4.49. The molecule has 0 aromatic carbocycles. The number of carbonyl (C=O) groups is 1. The molecule has 2 bridgehead atoms. The minimum atomic E-state index is 0.273. The Bertz CT molecular complexity index is 242. The Morgan fingerprint density at radius 2 is 2.07 bits per heavy atom. The number of hydrogen-bond donors (Lipinski definition) is 1. The van der Waals surface area contributed by atoms with Crippen LogP contribution in [0.5, 0.6) is 0 Å². The molecule has 0 aromatic heterocycles. The fourth-order valence-corrected chi connectivity index (χ4v) is 2.54. The molecule has 0 spiro atoms. The summed E-state index contributed by atoms with van der Waals surface area (Å²) in [7, 11) is 3.89. The topological polar surface area (TPSA) is 35.6 Å². The summed E-state index contributed by atoms with van der Waals surface area (Å²) >= 11 is 0. The third-order valence-electron chi connectivity index (χ3n) is 3.33. The Hall–Kier alpha value is -0.610. The van der Waals surface area contributed by atoms with Crippen LogP contribution < -0.4 is 5.32 Å². The average molecular weight is 211 g/mol. The van der Waals surface area contributed by atoms with E-state index in [0.717, 1.165) is 19.5 Å². The summed E-state index contributed by atoms with van der Waals surface area (Å²) in [5.41, 5.74) is 0. The third kappa shape index (κ3) is 2.69. The average Bonchev–Trinajstić information content (AvgIpc) is 2.44. The van der Waals surface area contributed by atoms with Crippen LogP contribution in [0.25, 0.3) is 0 Å². The zero-order chi connectivity index (χ0) is 10.8. The number of fused-ring (bicyclic) bond motifs is 2. The Morgan fingerprint density at radius 1 is 1.33 bits per heavy atom. The van der Waals surface area contributed by atoms with Crippen LogP contribution in [-0.2, 0) is 4.79 Å². The van der Waals surface area contributed by atoms with Crippen molar-refractivity contribution in [3.05, 3.63) is 0 Å². The van der Waals surface area contributed by atoms with E-state index in [-0.39, 0.29) is 5.91 Å². The van der Waals surface area contributed by atoms with Gasteiger partial charge in [0.2, 0.25) is 5.91 Å². The maximum Gasteiger partial charge on any atom is 0.236 e. The van der Waals surface area contributed by atoms with E-state index in [1.165, 1.54) is 12.8 Å². The molecule has 15 heavy (non-hydrogen) atoms. The van der Waals surface area contributed by atoms with Gasteiger partial charge in [0.15, 0.2) is 0 Å². The SMILES string of the molecule is CN(C)CC(=O)N1CCC2CCC(C1)N2. The lowest BCUT2D eigenvalue weighted by atomic mass is 10.1. The second-order valence-corrected chi connectivity index (χ2v) is 5.00. The summed E-state index contributed by atoms with van der Waals surface area (Å²) in [6, 6.07) is 1.20. The summed E-state index contributed by atoms with van der Waals surface area (Å²) in [4.78, 5) is 15.9. The molecular formula is C11H21N3O.